The Morgan fingerprint density at radius 2 is 2.11 bits per heavy atom. The molecule has 0 radical (unpaired) electrons. The van der Waals surface area contributed by atoms with Gasteiger partial charge in [0.15, 0.2) is 0 Å². The third kappa shape index (κ3) is 2.47. The lowest BCUT2D eigenvalue weighted by Crippen LogP contribution is -2.27. The summed E-state index contributed by atoms with van der Waals surface area (Å²) in [5, 5.41) is 10.4. The molecule has 2 heteroatoms. The van der Waals surface area contributed by atoms with Gasteiger partial charge in [0.05, 0.1) is 6.10 Å². The van der Waals surface area contributed by atoms with Gasteiger partial charge in [0.1, 0.15) is 0 Å². The summed E-state index contributed by atoms with van der Waals surface area (Å²) >= 11 is 0. The molecule has 106 valence electrons. The molecule has 0 saturated heterocycles. The lowest BCUT2D eigenvalue weighted by atomic mass is 9.75. The molecule has 1 aromatic heterocycles. The second-order valence-corrected chi connectivity index (χ2v) is 7.67. The van der Waals surface area contributed by atoms with Crippen molar-refractivity contribution in [3.05, 3.63) is 23.0 Å². The number of hydrogen-bond acceptors (Lipinski definition) is 1. The molecule has 0 aliphatic heterocycles. The molecular formula is C17H27NO. The van der Waals surface area contributed by atoms with Gasteiger partial charge in [0, 0.05) is 23.5 Å². The topological polar surface area (TPSA) is 25.2 Å². The first kappa shape index (κ1) is 13.2. The molecule has 3 rings (SSSR count). The van der Waals surface area contributed by atoms with E-state index >= 15 is 0 Å². The van der Waals surface area contributed by atoms with Crippen molar-refractivity contribution in [3.8, 4) is 0 Å². The summed E-state index contributed by atoms with van der Waals surface area (Å²) in [4.78, 5) is 0. The van der Waals surface area contributed by atoms with Gasteiger partial charge in [-0.1, -0.05) is 20.8 Å². The fourth-order valence-corrected chi connectivity index (χ4v) is 3.76. The highest BCUT2D eigenvalue weighted by Crippen LogP contribution is 2.43. The molecule has 1 heterocycles. The number of aryl methyl sites for hydroxylation is 1. The highest BCUT2D eigenvalue weighted by Gasteiger charge is 2.35. The second-order valence-electron chi connectivity index (χ2n) is 7.67. The monoisotopic (exact) mass is 261 g/mol. The zero-order valence-electron chi connectivity index (χ0n) is 12.7. The molecule has 1 N–H and O–H groups in total. The van der Waals surface area contributed by atoms with Crippen molar-refractivity contribution in [1.29, 1.82) is 0 Å². The average molecular weight is 261 g/mol. The molecule has 2 aliphatic rings. The minimum Gasteiger partial charge on any atom is -0.388 e. The van der Waals surface area contributed by atoms with Gasteiger partial charge in [-0.15, -0.1) is 0 Å². The Morgan fingerprint density at radius 3 is 2.74 bits per heavy atom. The van der Waals surface area contributed by atoms with Crippen LogP contribution in [0.1, 0.15) is 63.1 Å². The molecule has 0 amide bonds. The molecule has 0 bridgehead atoms. The first-order chi connectivity index (χ1) is 8.87. The van der Waals surface area contributed by atoms with Crippen LogP contribution in [0.25, 0.3) is 0 Å². The molecule has 19 heavy (non-hydrogen) atoms. The van der Waals surface area contributed by atoms with Crippen LogP contribution in [0.3, 0.4) is 0 Å². The molecule has 1 fully saturated rings. The maximum absolute atomic E-state index is 10.4. The Hall–Kier alpha value is -0.760. The molecule has 2 unspecified atom stereocenters. The molecule has 2 atom stereocenters. The normalized spacial score (nSPS) is 27.1. The molecular weight excluding hydrogens is 234 g/mol. The Labute approximate surface area is 116 Å². The Balaban J connectivity index is 1.92. The average Bonchev–Trinajstić information content (AvgIpc) is 3.08. The third-order valence-electron chi connectivity index (χ3n) is 5.10. The predicted octanol–water partition coefficient (Wildman–Crippen LogP) is 3.85. The van der Waals surface area contributed by atoms with E-state index < -0.39 is 0 Å². The van der Waals surface area contributed by atoms with E-state index in [-0.39, 0.29) is 11.5 Å². The summed E-state index contributed by atoms with van der Waals surface area (Å²) in [6, 6.07) is 2.22. The first-order valence-corrected chi connectivity index (χ1v) is 7.74. The van der Waals surface area contributed by atoms with E-state index in [1.807, 2.05) is 0 Å². The summed E-state index contributed by atoms with van der Waals surface area (Å²) in [7, 11) is 0. The van der Waals surface area contributed by atoms with Gasteiger partial charge in [-0.05, 0) is 55.9 Å². The van der Waals surface area contributed by atoms with Crippen LogP contribution in [0.5, 0.6) is 0 Å². The number of fused-ring (bicyclic) bond motifs is 1. The Bertz CT molecular complexity index is 482. The largest absolute Gasteiger partial charge is 0.388 e. The van der Waals surface area contributed by atoms with Crippen LogP contribution in [0.2, 0.25) is 0 Å². The van der Waals surface area contributed by atoms with E-state index in [1.165, 1.54) is 29.8 Å². The van der Waals surface area contributed by atoms with E-state index in [9.17, 15) is 5.11 Å². The number of rotatable bonds is 3. The van der Waals surface area contributed by atoms with Gasteiger partial charge in [-0.3, -0.25) is 0 Å². The lowest BCUT2D eigenvalue weighted by molar-refractivity contribution is 0.0976. The van der Waals surface area contributed by atoms with Crippen molar-refractivity contribution in [1.82, 2.24) is 4.57 Å². The minimum absolute atomic E-state index is 0.220. The standard InChI is InChI=1S/C17H27NO/c1-11(13-5-6-13)10-18-12(2)7-14-15(18)8-17(3,4)9-16(14)19/h7,11,13,16,19H,5-6,8-10H2,1-4H3. The molecule has 2 aliphatic carbocycles. The predicted molar refractivity (Wildman–Crippen MR) is 78.1 cm³/mol. The van der Waals surface area contributed by atoms with Crippen molar-refractivity contribution in [2.45, 2.75) is 66.0 Å². The number of aliphatic hydroxyl groups excluding tert-OH is 1. The fourth-order valence-electron chi connectivity index (χ4n) is 3.76. The number of aromatic nitrogens is 1. The zero-order valence-corrected chi connectivity index (χ0v) is 12.7. The van der Waals surface area contributed by atoms with Crippen molar-refractivity contribution in [2.75, 3.05) is 0 Å². The highest BCUT2D eigenvalue weighted by molar-refractivity contribution is 5.33. The number of nitrogens with zero attached hydrogens (tertiary/aromatic N) is 1. The number of hydrogen-bond donors (Lipinski definition) is 1. The minimum atomic E-state index is -0.269. The van der Waals surface area contributed by atoms with Crippen LogP contribution >= 0.6 is 0 Å². The van der Waals surface area contributed by atoms with Crippen LogP contribution in [0, 0.1) is 24.2 Å². The van der Waals surface area contributed by atoms with E-state index in [1.54, 1.807) is 0 Å². The van der Waals surface area contributed by atoms with Gasteiger partial charge in [-0.2, -0.15) is 0 Å². The van der Waals surface area contributed by atoms with Crippen molar-refractivity contribution in [2.24, 2.45) is 17.3 Å². The van der Waals surface area contributed by atoms with E-state index in [0.29, 0.717) is 0 Å². The summed E-state index contributed by atoms with van der Waals surface area (Å²) in [6.45, 7) is 10.3. The van der Waals surface area contributed by atoms with Crippen molar-refractivity contribution >= 4 is 0 Å². The van der Waals surface area contributed by atoms with Gasteiger partial charge in [0.2, 0.25) is 0 Å². The summed E-state index contributed by atoms with van der Waals surface area (Å²) in [6.07, 6.45) is 4.55. The van der Waals surface area contributed by atoms with Crippen LogP contribution in [-0.2, 0) is 13.0 Å². The van der Waals surface area contributed by atoms with E-state index in [2.05, 4.69) is 38.3 Å². The molecule has 0 spiro atoms. The van der Waals surface area contributed by atoms with Gasteiger partial charge in [0.25, 0.3) is 0 Å². The van der Waals surface area contributed by atoms with Gasteiger partial charge >= 0.3 is 0 Å². The summed E-state index contributed by atoms with van der Waals surface area (Å²) in [5.41, 5.74) is 4.14. The third-order valence-corrected chi connectivity index (χ3v) is 5.10. The zero-order chi connectivity index (χ0) is 13.8. The van der Waals surface area contributed by atoms with Crippen LogP contribution < -0.4 is 0 Å². The lowest BCUT2D eigenvalue weighted by Gasteiger charge is -2.34. The molecule has 1 saturated carbocycles. The fraction of sp³-hybridized carbons (Fsp3) is 0.765. The van der Waals surface area contributed by atoms with Gasteiger partial charge < -0.3 is 9.67 Å². The number of aliphatic hydroxyl groups is 1. The maximum Gasteiger partial charge on any atom is 0.0812 e. The highest BCUT2D eigenvalue weighted by atomic mass is 16.3. The van der Waals surface area contributed by atoms with Crippen LogP contribution in [0.4, 0.5) is 0 Å². The Kier molecular flexibility index (Phi) is 3.05. The first-order valence-electron chi connectivity index (χ1n) is 7.74. The second kappa shape index (κ2) is 4.37. The molecule has 1 aromatic rings. The van der Waals surface area contributed by atoms with Gasteiger partial charge in [-0.25, -0.2) is 0 Å². The quantitative estimate of drug-likeness (QED) is 0.878. The maximum atomic E-state index is 10.4. The van der Waals surface area contributed by atoms with Crippen LogP contribution in [0.15, 0.2) is 6.07 Å². The van der Waals surface area contributed by atoms with Crippen LogP contribution in [-0.4, -0.2) is 9.67 Å². The molecule has 0 aromatic carbocycles. The van der Waals surface area contributed by atoms with Crippen molar-refractivity contribution in [3.63, 3.8) is 0 Å². The van der Waals surface area contributed by atoms with E-state index in [4.69, 9.17) is 0 Å². The Morgan fingerprint density at radius 1 is 1.42 bits per heavy atom. The SMILES string of the molecule is Cc1cc2c(n1CC(C)C1CC1)CC(C)(C)CC2O. The summed E-state index contributed by atoms with van der Waals surface area (Å²) < 4.78 is 2.49. The van der Waals surface area contributed by atoms with E-state index in [0.717, 1.165) is 31.2 Å². The molecule has 2 nitrogen and oxygen atoms in total. The van der Waals surface area contributed by atoms with Crippen molar-refractivity contribution < 1.29 is 5.11 Å². The summed E-state index contributed by atoms with van der Waals surface area (Å²) in [5.74, 6) is 1.72. The smallest absolute Gasteiger partial charge is 0.0812 e.